The fourth-order valence-corrected chi connectivity index (χ4v) is 6.08. The molecule has 0 unspecified atom stereocenters. The van der Waals surface area contributed by atoms with Gasteiger partial charge in [-0.1, -0.05) is 29.8 Å². The van der Waals surface area contributed by atoms with Crippen LogP contribution in [-0.2, 0) is 16.4 Å². The summed E-state index contributed by atoms with van der Waals surface area (Å²) >= 11 is 0. The lowest BCUT2D eigenvalue weighted by Gasteiger charge is -2.28. The van der Waals surface area contributed by atoms with Gasteiger partial charge in [0.2, 0.25) is 0 Å². The first-order valence-electron chi connectivity index (χ1n) is 10.9. The number of hydrogen-bond acceptors (Lipinski definition) is 6. The molecule has 5 rings (SSSR count). The maximum atomic E-state index is 12.8. The molecule has 3 aromatic rings. The Morgan fingerprint density at radius 2 is 1.84 bits per heavy atom. The fraction of sp³-hybridized carbons (Fsp3) is 0.375. The van der Waals surface area contributed by atoms with Gasteiger partial charge in [0.1, 0.15) is 5.82 Å². The number of nitrogens with zero attached hydrogens (tertiary/aromatic N) is 3. The zero-order chi connectivity index (χ0) is 21.4. The lowest BCUT2D eigenvalue weighted by atomic mass is 10.1. The highest BCUT2D eigenvalue weighted by atomic mass is 32.2. The van der Waals surface area contributed by atoms with E-state index < -0.39 is 9.84 Å². The van der Waals surface area contributed by atoms with Crippen molar-refractivity contribution >= 4 is 32.2 Å². The molecular weight excluding hydrogens is 408 g/mol. The lowest BCUT2D eigenvalue weighted by Crippen LogP contribution is -2.30. The fourth-order valence-electron chi connectivity index (χ4n) is 4.58. The third kappa shape index (κ3) is 4.00. The molecule has 2 aliphatic rings. The molecule has 0 aliphatic carbocycles. The second-order valence-corrected chi connectivity index (χ2v) is 10.5. The van der Waals surface area contributed by atoms with Crippen molar-refractivity contribution in [1.82, 2.24) is 10.3 Å². The van der Waals surface area contributed by atoms with Gasteiger partial charge < -0.3 is 15.1 Å². The third-order valence-electron chi connectivity index (χ3n) is 6.23. The predicted molar refractivity (Wildman–Crippen MR) is 126 cm³/mol. The largest absolute Gasteiger partial charge is 0.370 e. The van der Waals surface area contributed by atoms with Crippen molar-refractivity contribution in [2.24, 2.45) is 0 Å². The van der Waals surface area contributed by atoms with E-state index >= 15 is 0 Å². The molecule has 0 saturated carbocycles. The van der Waals surface area contributed by atoms with Crippen LogP contribution < -0.4 is 15.1 Å². The van der Waals surface area contributed by atoms with Crippen molar-refractivity contribution in [3.8, 4) is 0 Å². The Bertz CT molecular complexity index is 1220. The van der Waals surface area contributed by atoms with Crippen LogP contribution in [0.1, 0.15) is 17.5 Å². The second-order valence-electron chi connectivity index (χ2n) is 8.46. The average Bonchev–Trinajstić information content (AvgIpc) is 3.11. The van der Waals surface area contributed by atoms with Gasteiger partial charge in [0.05, 0.1) is 16.2 Å². The summed E-state index contributed by atoms with van der Waals surface area (Å²) in [6.07, 6.45) is 1.10. The topological polar surface area (TPSA) is 65.5 Å². The Balaban J connectivity index is 1.61. The van der Waals surface area contributed by atoms with Gasteiger partial charge in [-0.3, -0.25) is 0 Å². The van der Waals surface area contributed by atoms with Crippen LogP contribution in [-0.4, -0.2) is 51.9 Å². The first-order chi connectivity index (χ1) is 15.0. The molecule has 2 aromatic carbocycles. The van der Waals surface area contributed by atoms with Crippen LogP contribution in [0.2, 0.25) is 0 Å². The second kappa shape index (κ2) is 8.13. The van der Waals surface area contributed by atoms with E-state index in [-0.39, 0.29) is 5.75 Å². The SMILES string of the molecule is Cc1ccc2nc(N3CCS(=O)(=O)c4ccccc4C3)cc(N3CCCNCC3)c2c1. The number of nitrogens with one attached hydrogen (secondary N) is 1. The molecule has 7 heteroatoms. The molecule has 1 fully saturated rings. The Morgan fingerprint density at radius 3 is 2.74 bits per heavy atom. The molecule has 1 N–H and O–H groups in total. The van der Waals surface area contributed by atoms with Crippen molar-refractivity contribution in [3.05, 3.63) is 59.7 Å². The molecule has 2 aliphatic heterocycles. The highest BCUT2D eigenvalue weighted by Gasteiger charge is 2.26. The summed E-state index contributed by atoms with van der Waals surface area (Å²) in [5.74, 6) is 0.941. The Morgan fingerprint density at radius 1 is 0.968 bits per heavy atom. The van der Waals surface area contributed by atoms with Crippen molar-refractivity contribution in [2.45, 2.75) is 24.8 Å². The van der Waals surface area contributed by atoms with E-state index in [0.29, 0.717) is 18.0 Å². The lowest BCUT2D eigenvalue weighted by molar-refractivity contribution is 0.596. The summed E-state index contributed by atoms with van der Waals surface area (Å²) in [7, 11) is -3.29. The Hall–Kier alpha value is -2.64. The van der Waals surface area contributed by atoms with Crippen molar-refractivity contribution in [1.29, 1.82) is 0 Å². The molecule has 1 aromatic heterocycles. The van der Waals surface area contributed by atoms with E-state index in [1.54, 1.807) is 12.1 Å². The molecule has 0 bridgehead atoms. The maximum absolute atomic E-state index is 12.8. The number of rotatable bonds is 2. The van der Waals surface area contributed by atoms with Gasteiger partial charge in [-0.2, -0.15) is 0 Å². The maximum Gasteiger partial charge on any atom is 0.180 e. The average molecular weight is 437 g/mol. The van der Waals surface area contributed by atoms with Crippen LogP contribution >= 0.6 is 0 Å². The molecule has 1 saturated heterocycles. The molecule has 0 radical (unpaired) electrons. The van der Waals surface area contributed by atoms with Gasteiger partial charge in [-0.25, -0.2) is 13.4 Å². The number of benzene rings is 2. The van der Waals surface area contributed by atoms with Crippen molar-refractivity contribution in [2.75, 3.05) is 48.3 Å². The first-order valence-corrected chi connectivity index (χ1v) is 12.6. The van der Waals surface area contributed by atoms with Crippen LogP contribution in [0.5, 0.6) is 0 Å². The summed E-state index contributed by atoms with van der Waals surface area (Å²) < 4.78 is 25.6. The third-order valence-corrected chi connectivity index (χ3v) is 8.02. The van der Waals surface area contributed by atoms with Crippen LogP contribution in [0.4, 0.5) is 11.5 Å². The summed E-state index contributed by atoms with van der Waals surface area (Å²) in [6.45, 7) is 7.02. The van der Waals surface area contributed by atoms with Crippen molar-refractivity contribution < 1.29 is 8.42 Å². The van der Waals surface area contributed by atoms with Crippen LogP contribution in [0.15, 0.2) is 53.4 Å². The van der Waals surface area contributed by atoms with Crippen LogP contribution in [0, 0.1) is 6.92 Å². The Labute approximate surface area is 183 Å². The molecule has 0 atom stereocenters. The van der Waals surface area contributed by atoms with Gasteiger partial charge in [-0.15, -0.1) is 0 Å². The number of aromatic nitrogens is 1. The van der Waals surface area contributed by atoms with Crippen molar-refractivity contribution in [3.63, 3.8) is 0 Å². The van der Waals surface area contributed by atoms with E-state index in [4.69, 9.17) is 4.98 Å². The minimum Gasteiger partial charge on any atom is -0.370 e. The molecule has 31 heavy (non-hydrogen) atoms. The molecule has 0 spiro atoms. The number of hydrogen-bond donors (Lipinski definition) is 1. The Kier molecular flexibility index (Phi) is 5.32. The first kappa shape index (κ1) is 20.3. The molecule has 0 amide bonds. The standard InChI is InChI=1S/C24H28N4O2S/c1-18-7-8-21-20(15-18)22(27-11-4-9-25-10-12-27)16-24(26-21)28-13-14-31(29,30)23-6-3-2-5-19(23)17-28/h2-3,5-8,15-16,25H,4,9-14,17H2,1H3. The number of pyridine rings is 1. The van der Waals surface area contributed by atoms with Gasteiger partial charge in [0.25, 0.3) is 0 Å². The van der Waals surface area contributed by atoms with E-state index in [9.17, 15) is 8.42 Å². The number of aryl methyl sites for hydroxylation is 1. The predicted octanol–water partition coefficient (Wildman–Crippen LogP) is 3.14. The highest BCUT2D eigenvalue weighted by molar-refractivity contribution is 7.91. The van der Waals surface area contributed by atoms with Crippen LogP contribution in [0.25, 0.3) is 10.9 Å². The molecule has 162 valence electrons. The molecule has 6 nitrogen and oxygen atoms in total. The minimum absolute atomic E-state index is 0.0978. The summed E-state index contributed by atoms with van der Waals surface area (Å²) in [5, 5.41) is 4.64. The van der Waals surface area contributed by atoms with Crippen LogP contribution in [0.3, 0.4) is 0 Å². The van der Waals surface area contributed by atoms with E-state index in [1.807, 2.05) is 12.1 Å². The number of sulfone groups is 1. The zero-order valence-corrected chi connectivity index (χ0v) is 18.7. The zero-order valence-electron chi connectivity index (χ0n) is 17.8. The highest BCUT2D eigenvalue weighted by Crippen LogP contribution is 2.33. The van der Waals surface area contributed by atoms with E-state index in [2.05, 4.69) is 46.3 Å². The summed E-state index contributed by atoms with van der Waals surface area (Å²) in [5.41, 5.74) is 4.20. The van der Waals surface area contributed by atoms with E-state index in [1.165, 1.54) is 11.3 Å². The number of anilines is 2. The monoisotopic (exact) mass is 436 g/mol. The normalized spacial score (nSPS) is 19.0. The minimum atomic E-state index is -3.29. The number of fused-ring (bicyclic) bond motifs is 2. The smallest absolute Gasteiger partial charge is 0.180 e. The molecule has 3 heterocycles. The van der Waals surface area contributed by atoms with E-state index in [0.717, 1.165) is 54.9 Å². The summed E-state index contributed by atoms with van der Waals surface area (Å²) in [4.78, 5) is 9.97. The quantitative estimate of drug-likeness (QED) is 0.666. The summed E-state index contributed by atoms with van der Waals surface area (Å²) in [6, 6.07) is 15.9. The van der Waals surface area contributed by atoms with Gasteiger partial charge in [0.15, 0.2) is 9.84 Å². The van der Waals surface area contributed by atoms with Gasteiger partial charge in [0, 0.05) is 49.9 Å². The molecular formula is C24H28N4O2S. The van der Waals surface area contributed by atoms with Gasteiger partial charge in [-0.05, 0) is 43.7 Å². The van der Waals surface area contributed by atoms with Gasteiger partial charge >= 0.3 is 0 Å².